The van der Waals surface area contributed by atoms with Crippen molar-refractivity contribution in [2.75, 3.05) is 17.7 Å². The summed E-state index contributed by atoms with van der Waals surface area (Å²) in [5.74, 6) is 0.0339. The van der Waals surface area contributed by atoms with Crippen LogP contribution < -0.4 is 10.9 Å². The summed E-state index contributed by atoms with van der Waals surface area (Å²) < 4.78 is 22.0. The van der Waals surface area contributed by atoms with Crippen molar-refractivity contribution in [3.05, 3.63) is 51.6 Å². The highest BCUT2D eigenvalue weighted by molar-refractivity contribution is 8.00. The minimum atomic E-state index is -0.544. The average molecular weight is 391 g/mol. The Balaban J connectivity index is 1.83. The topological polar surface area (TPSA) is 76.1 Å². The van der Waals surface area contributed by atoms with Crippen molar-refractivity contribution in [2.24, 2.45) is 0 Å². The first-order chi connectivity index (χ1) is 12.9. The maximum Gasteiger partial charge on any atom is 0.270 e. The van der Waals surface area contributed by atoms with Gasteiger partial charge in [0.25, 0.3) is 5.56 Å². The smallest absolute Gasteiger partial charge is 0.270 e. The maximum atomic E-state index is 14.4. The Kier molecular flexibility index (Phi) is 4.63. The second-order valence-electron chi connectivity index (χ2n) is 7.59. The summed E-state index contributed by atoms with van der Waals surface area (Å²) in [6.45, 7) is 4.60. The molecule has 8 heteroatoms. The number of amides is 1. The molecule has 0 spiro atoms. The number of hydrogen-bond donors (Lipinski definition) is 2. The van der Waals surface area contributed by atoms with Crippen molar-refractivity contribution in [1.29, 1.82) is 0 Å². The van der Waals surface area contributed by atoms with Crippen LogP contribution in [0.15, 0.2) is 29.1 Å². The summed E-state index contributed by atoms with van der Waals surface area (Å²) in [7, 11) is 0. The molecular formula is C19H22FN3O3S. The molecule has 2 N–H and O–H groups in total. The van der Waals surface area contributed by atoms with E-state index in [-0.39, 0.29) is 34.7 Å². The maximum absolute atomic E-state index is 14.4. The van der Waals surface area contributed by atoms with Gasteiger partial charge >= 0.3 is 0 Å². The number of hydrogen-bond acceptors (Lipinski definition) is 4. The van der Waals surface area contributed by atoms with Gasteiger partial charge in [0.1, 0.15) is 11.6 Å². The minimum absolute atomic E-state index is 0.00475. The summed E-state index contributed by atoms with van der Waals surface area (Å²) in [4.78, 5) is 25.1. The molecule has 1 aromatic carbocycles. The van der Waals surface area contributed by atoms with Crippen LogP contribution in [-0.4, -0.2) is 33.6 Å². The number of halogens is 1. The van der Waals surface area contributed by atoms with Crippen LogP contribution in [0.25, 0.3) is 0 Å². The molecule has 3 heterocycles. The average Bonchev–Trinajstić information content (AvgIpc) is 2.81. The van der Waals surface area contributed by atoms with Gasteiger partial charge in [-0.3, -0.25) is 19.4 Å². The summed E-state index contributed by atoms with van der Waals surface area (Å²) in [6, 6.07) is 6.40. The number of aromatic nitrogens is 2. The molecule has 1 saturated heterocycles. The Hall–Kier alpha value is -2.06. The van der Waals surface area contributed by atoms with E-state index in [4.69, 9.17) is 4.74 Å². The first-order valence-electron chi connectivity index (χ1n) is 9.00. The second kappa shape index (κ2) is 6.83. The van der Waals surface area contributed by atoms with E-state index in [9.17, 15) is 14.0 Å². The lowest BCUT2D eigenvalue weighted by atomic mass is 9.94. The standard InChI is InChI=1S/C19H22FN3O3S/c1-19(2)9-11(7-8-26-19)23-17-15(18(25)22-23)16(27-10-14(24)21-17)12-5-3-4-6-13(12)20/h3-6,11,16H,7-10H2,1-2H3,(H,21,24)(H,22,25)/t11-,16+/m0/s1. The molecule has 2 aliphatic heterocycles. The first-order valence-corrected chi connectivity index (χ1v) is 10.0. The van der Waals surface area contributed by atoms with E-state index in [1.54, 1.807) is 22.9 Å². The monoisotopic (exact) mass is 391 g/mol. The van der Waals surface area contributed by atoms with Gasteiger partial charge in [0.05, 0.1) is 28.2 Å². The number of rotatable bonds is 2. The highest BCUT2D eigenvalue weighted by atomic mass is 32.2. The van der Waals surface area contributed by atoms with E-state index in [0.717, 1.165) is 6.42 Å². The van der Waals surface area contributed by atoms with Crippen molar-refractivity contribution in [1.82, 2.24) is 9.78 Å². The van der Waals surface area contributed by atoms with Gasteiger partial charge in [0.15, 0.2) is 0 Å². The molecule has 1 aromatic heterocycles. The molecule has 2 aliphatic rings. The zero-order chi connectivity index (χ0) is 19.2. The Bertz CT molecular complexity index is 937. The first kappa shape index (κ1) is 18.3. The number of H-pyrrole nitrogens is 1. The summed E-state index contributed by atoms with van der Waals surface area (Å²) >= 11 is 1.27. The van der Waals surface area contributed by atoms with Gasteiger partial charge < -0.3 is 10.1 Å². The molecule has 0 bridgehead atoms. The van der Waals surface area contributed by atoms with E-state index < -0.39 is 5.25 Å². The highest BCUT2D eigenvalue weighted by Crippen LogP contribution is 2.42. The molecule has 2 aromatic rings. The van der Waals surface area contributed by atoms with Crippen molar-refractivity contribution in [3.63, 3.8) is 0 Å². The number of ether oxygens (including phenoxy) is 1. The predicted molar refractivity (Wildman–Crippen MR) is 103 cm³/mol. The van der Waals surface area contributed by atoms with Crippen LogP contribution in [-0.2, 0) is 9.53 Å². The fourth-order valence-electron chi connectivity index (χ4n) is 3.87. The highest BCUT2D eigenvalue weighted by Gasteiger charge is 2.36. The molecule has 0 aliphatic carbocycles. The van der Waals surface area contributed by atoms with Gasteiger partial charge in [-0.25, -0.2) is 4.39 Å². The van der Waals surface area contributed by atoms with Crippen LogP contribution in [0, 0.1) is 5.82 Å². The fourth-order valence-corrected chi connectivity index (χ4v) is 5.02. The van der Waals surface area contributed by atoms with Crippen molar-refractivity contribution < 1.29 is 13.9 Å². The SMILES string of the molecule is CC1(C)C[C@@H](n2[nH]c(=O)c3c2NC(=O)CS[C@@H]3c2ccccc2F)CCO1. The van der Waals surface area contributed by atoms with Gasteiger partial charge in [-0.1, -0.05) is 18.2 Å². The Morgan fingerprint density at radius 1 is 1.30 bits per heavy atom. The number of benzene rings is 1. The number of carbonyl (C=O) groups is 1. The molecule has 6 nitrogen and oxygen atoms in total. The predicted octanol–water partition coefficient (Wildman–Crippen LogP) is 3.22. The number of nitrogens with zero attached hydrogens (tertiary/aromatic N) is 1. The molecular weight excluding hydrogens is 369 g/mol. The molecule has 0 unspecified atom stereocenters. The van der Waals surface area contributed by atoms with Crippen LogP contribution in [0.2, 0.25) is 0 Å². The van der Waals surface area contributed by atoms with Crippen molar-refractivity contribution in [2.45, 2.75) is 43.6 Å². The lowest BCUT2D eigenvalue weighted by Gasteiger charge is -2.36. The zero-order valence-electron chi connectivity index (χ0n) is 15.3. The van der Waals surface area contributed by atoms with E-state index in [2.05, 4.69) is 10.4 Å². The van der Waals surface area contributed by atoms with Crippen LogP contribution in [0.3, 0.4) is 0 Å². The molecule has 144 valence electrons. The Labute approximate surface area is 160 Å². The third-order valence-corrected chi connectivity index (χ3v) is 6.34. The lowest BCUT2D eigenvalue weighted by molar-refractivity contribution is -0.113. The quantitative estimate of drug-likeness (QED) is 0.824. The number of nitrogens with one attached hydrogen (secondary N) is 2. The van der Waals surface area contributed by atoms with E-state index in [1.165, 1.54) is 17.8 Å². The number of anilines is 1. The van der Waals surface area contributed by atoms with E-state index in [1.807, 2.05) is 13.8 Å². The van der Waals surface area contributed by atoms with Gasteiger partial charge in [-0.05, 0) is 32.8 Å². The molecule has 0 radical (unpaired) electrons. The third kappa shape index (κ3) is 3.43. The van der Waals surface area contributed by atoms with Crippen molar-refractivity contribution in [3.8, 4) is 0 Å². The second-order valence-corrected chi connectivity index (χ2v) is 8.68. The molecule has 1 amide bonds. The third-order valence-electron chi connectivity index (χ3n) is 5.09. The molecule has 2 atom stereocenters. The van der Waals surface area contributed by atoms with E-state index >= 15 is 0 Å². The van der Waals surface area contributed by atoms with Gasteiger partial charge in [0, 0.05) is 12.2 Å². The Morgan fingerprint density at radius 2 is 2.07 bits per heavy atom. The van der Waals surface area contributed by atoms with Crippen LogP contribution in [0.1, 0.15) is 49.1 Å². The minimum Gasteiger partial charge on any atom is -0.375 e. The van der Waals surface area contributed by atoms with Crippen LogP contribution in [0.4, 0.5) is 10.2 Å². The molecule has 0 saturated carbocycles. The lowest BCUT2D eigenvalue weighted by Crippen LogP contribution is -2.36. The van der Waals surface area contributed by atoms with Crippen molar-refractivity contribution >= 4 is 23.5 Å². The number of carbonyl (C=O) groups excluding carboxylic acids is 1. The normalized spacial score (nSPS) is 24.8. The fraction of sp³-hybridized carbons (Fsp3) is 0.474. The summed E-state index contributed by atoms with van der Waals surface area (Å²) in [6.07, 6.45) is 1.44. The van der Waals surface area contributed by atoms with Gasteiger partial charge in [-0.15, -0.1) is 11.8 Å². The Morgan fingerprint density at radius 3 is 2.81 bits per heavy atom. The van der Waals surface area contributed by atoms with Crippen LogP contribution >= 0.6 is 11.8 Å². The summed E-state index contributed by atoms with van der Waals surface area (Å²) in [5, 5.41) is 5.21. The molecule has 4 rings (SSSR count). The largest absolute Gasteiger partial charge is 0.375 e. The number of thioether (sulfide) groups is 1. The van der Waals surface area contributed by atoms with Gasteiger partial charge in [-0.2, -0.15) is 0 Å². The number of aromatic amines is 1. The van der Waals surface area contributed by atoms with E-state index in [0.29, 0.717) is 30.0 Å². The molecule has 27 heavy (non-hydrogen) atoms. The van der Waals surface area contributed by atoms with Gasteiger partial charge in [0.2, 0.25) is 5.91 Å². The number of fused-ring (bicyclic) bond motifs is 1. The molecule has 1 fully saturated rings. The van der Waals surface area contributed by atoms with Crippen LogP contribution in [0.5, 0.6) is 0 Å². The zero-order valence-corrected chi connectivity index (χ0v) is 16.1. The summed E-state index contributed by atoms with van der Waals surface area (Å²) in [5.41, 5.74) is 0.207.